The molecule has 26 heavy (non-hydrogen) atoms. The van der Waals surface area contributed by atoms with Crippen LogP contribution in [0.4, 0.5) is 0 Å². The summed E-state index contributed by atoms with van der Waals surface area (Å²) >= 11 is 1.54. The fourth-order valence-electron chi connectivity index (χ4n) is 3.72. The fraction of sp³-hybridized carbons (Fsp3) is 0.300. The van der Waals surface area contributed by atoms with Crippen molar-refractivity contribution in [2.45, 2.75) is 22.3 Å². The predicted octanol–water partition coefficient (Wildman–Crippen LogP) is 2.37. The first-order valence-electron chi connectivity index (χ1n) is 8.79. The Morgan fingerprint density at radius 1 is 1.04 bits per heavy atom. The van der Waals surface area contributed by atoms with Crippen LogP contribution in [0.1, 0.15) is 27.1 Å². The lowest BCUT2D eigenvalue weighted by molar-refractivity contribution is 0.0923. The van der Waals surface area contributed by atoms with Crippen molar-refractivity contribution >= 4 is 23.6 Å². The largest absolute Gasteiger partial charge is 0.366 e. The third kappa shape index (κ3) is 3.61. The van der Waals surface area contributed by atoms with Gasteiger partial charge in [-0.1, -0.05) is 17.8 Å². The Balaban J connectivity index is 1.39. The molecule has 2 heterocycles. The van der Waals surface area contributed by atoms with E-state index in [-0.39, 0.29) is 11.9 Å². The van der Waals surface area contributed by atoms with E-state index in [1.54, 1.807) is 12.1 Å². The Bertz CT molecular complexity index is 837. The molecule has 2 aliphatic heterocycles. The molecule has 5 nitrogen and oxygen atoms in total. The number of nitrogens with one attached hydrogen (secondary N) is 1. The molecule has 2 bridgehead atoms. The minimum absolute atomic E-state index is 0.00368. The highest BCUT2D eigenvalue weighted by Crippen LogP contribution is 2.29. The van der Waals surface area contributed by atoms with E-state index in [1.807, 2.05) is 36.4 Å². The smallest absolute Gasteiger partial charge is 0.251 e. The summed E-state index contributed by atoms with van der Waals surface area (Å²) in [5.74, 6) is 0.166. The van der Waals surface area contributed by atoms with Crippen molar-refractivity contribution < 1.29 is 9.59 Å². The van der Waals surface area contributed by atoms with Crippen molar-refractivity contribution in [1.82, 2.24) is 10.2 Å². The molecule has 2 saturated heterocycles. The highest BCUT2D eigenvalue weighted by Gasteiger charge is 2.38. The van der Waals surface area contributed by atoms with E-state index in [0.717, 1.165) is 22.9 Å². The number of hydrogen-bond donors (Lipinski definition) is 2. The van der Waals surface area contributed by atoms with E-state index in [2.05, 4.69) is 10.2 Å². The zero-order chi connectivity index (χ0) is 18.1. The van der Waals surface area contributed by atoms with E-state index in [1.165, 1.54) is 24.7 Å². The van der Waals surface area contributed by atoms with Crippen LogP contribution in [-0.2, 0) is 0 Å². The third-order valence-corrected chi connectivity index (χ3v) is 6.12. The number of benzene rings is 2. The van der Waals surface area contributed by atoms with Gasteiger partial charge < -0.3 is 16.0 Å². The highest BCUT2D eigenvalue weighted by molar-refractivity contribution is 7.99. The monoisotopic (exact) mass is 367 g/mol. The SMILES string of the molecule is NC(=O)c1cccc(Sc2ccc(C(=O)NC3CN4CC[C@H]3C4)cc2)c1. The zero-order valence-electron chi connectivity index (χ0n) is 14.4. The summed E-state index contributed by atoms with van der Waals surface area (Å²) in [6, 6.07) is 15.1. The number of carbonyl (C=O) groups excluding carboxylic acids is 2. The minimum atomic E-state index is -0.434. The molecule has 2 aliphatic rings. The fourth-order valence-corrected chi connectivity index (χ4v) is 4.60. The number of carbonyl (C=O) groups is 2. The van der Waals surface area contributed by atoms with Crippen molar-refractivity contribution in [1.29, 1.82) is 0 Å². The van der Waals surface area contributed by atoms with Crippen LogP contribution in [0.3, 0.4) is 0 Å². The summed E-state index contributed by atoms with van der Waals surface area (Å²) in [7, 11) is 0. The molecule has 0 spiro atoms. The van der Waals surface area contributed by atoms with E-state index >= 15 is 0 Å². The quantitative estimate of drug-likeness (QED) is 0.851. The van der Waals surface area contributed by atoms with Crippen LogP contribution in [0.25, 0.3) is 0 Å². The maximum atomic E-state index is 12.5. The van der Waals surface area contributed by atoms with Gasteiger partial charge in [0, 0.05) is 40.0 Å². The van der Waals surface area contributed by atoms with E-state index in [4.69, 9.17) is 5.73 Å². The molecule has 3 atom stereocenters. The van der Waals surface area contributed by atoms with Gasteiger partial charge in [-0.05, 0) is 61.3 Å². The van der Waals surface area contributed by atoms with Crippen LogP contribution in [-0.4, -0.2) is 42.4 Å². The Morgan fingerprint density at radius 2 is 1.85 bits per heavy atom. The molecular weight excluding hydrogens is 346 g/mol. The van der Waals surface area contributed by atoms with Gasteiger partial charge >= 0.3 is 0 Å². The van der Waals surface area contributed by atoms with Crippen LogP contribution < -0.4 is 11.1 Å². The Labute approximate surface area is 156 Å². The molecule has 6 heteroatoms. The summed E-state index contributed by atoms with van der Waals surface area (Å²) in [5.41, 5.74) is 6.49. The van der Waals surface area contributed by atoms with E-state index in [0.29, 0.717) is 17.0 Å². The maximum Gasteiger partial charge on any atom is 0.251 e. The Kier molecular flexibility index (Phi) is 4.70. The summed E-state index contributed by atoms with van der Waals surface area (Å²) in [6.07, 6.45) is 1.19. The Morgan fingerprint density at radius 3 is 2.50 bits per heavy atom. The molecule has 2 aromatic rings. The van der Waals surface area contributed by atoms with Crippen LogP contribution in [0.15, 0.2) is 58.3 Å². The molecule has 4 rings (SSSR count). The molecule has 2 aromatic carbocycles. The van der Waals surface area contributed by atoms with Crippen molar-refractivity contribution in [3.05, 3.63) is 59.7 Å². The first kappa shape index (κ1) is 17.1. The number of nitrogens with two attached hydrogens (primary N) is 1. The van der Waals surface area contributed by atoms with Gasteiger partial charge in [0.15, 0.2) is 0 Å². The van der Waals surface area contributed by atoms with Crippen molar-refractivity contribution in [3.8, 4) is 0 Å². The van der Waals surface area contributed by atoms with E-state index < -0.39 is 5.91 Å². The molecule has 0 aliphatic carbocycles. The summed E-state index contributed by atoms with van der Waals surface area (Å²) < 4.78 is 0. The lowest BCUT2D eigenvalue weighted by Crippen LogP contribution is -2.43. The number of nitrogens with zero attached hydrogens (tertiary/aromatic N) is 1. The molecule has 3 N–H and O–H groups in total. The van der Waals surface area contributed by atoms with Crippen molar-refractivity contribution in [2.75, 3.05) is 19.6 Å². The van der Waals surface area contributed by atoms with Gasteiger partial charge in [-0.25, -0.2) is 0 Å². The predicted molar refractivity (Wildman–Crippen MR) is 101 cm³/mol. The molecule has 2 fully saturated rings. The second-order valence-corrected chi connectivity index (χ2v) is 8.05. The van der Waals surface area contributed by atoms with Gasteiger partial charge in [0.1, 0.15) is 0 Å². The van der Waals surface area contributed by atoms with Crippen LogP contribution in [0.5, 0.6) is 0 Å². The summed E-state index contributed by atoms with van der Waals surface area (Å²) in [5, 5.41) is 3.18. The molecule has 0 radical (unpaired) electrons. The first-order valence-corrected chi connectivity index (χ1v) is 9.61. The minimum Gasteiger partial charge on any atom is -0.366 e. The van der Waals surface area contributed by atoms with Gasteiger partial charge in [0.2, 0.25) is 5.91 Å². The van der Waals surface area contributed by atoms with E-state index in [9.17, 15) is 9.59 Å². The highest BCUT2D eigenvalue weighted by atomic mass is 32.2. The number of rotatable bonds is 5. The molecule has 0 saturated carbocycles. The van der Waals surface area contributed by atoms with Crippen LogP contribution in [0.2, 0.25) is 0 Å². The number of amides is 2. The number of primary amides is 1. The number of fused-ring (bicyclic) bond motifs is 2. The summed E-state index contributed by atoms with van der Waals surface area (Å²) in [4.78, 5) is 28.1. The van der Waals surface area contributed by atoms with Crippen LogP contribution in [0, 0.1) is 5.92 Å². The topological polar surface area (TPSA) is 75.4 Å². The molecule has 2 amide bonds. The van der Waals surface area contributed by atoms with Crippen LogP contribution >= 0.6 is 11.8 Å². The number of hydrogen-bond acceptors (Lipinski definition) is 4. The second kappa shape index (κ2) is 7.13. The maximum absolute atomic E-state index is 12.5. The van der Waals surface area contributed by atoms with Gasteiger partial charge in [-0.2, -0.15) is 0 Å². The molecule has 2 unspecified atom stereocenters. The number of piperidine rings is 1. The standard InChI is InChI=1S/C20H21N3O2S/c21-19(24)14-2-1-3-17(10-14)26-16-6-4-13(5-7-16)20(25)22-18-12-23-9-8-15(18)11-23/h1-7,10,15,18H,8-9,11-12H2,(H2,21,24)(H,22,25)/t15-,18?/m0/s1. The molecule has 0 aromatic heterocycles. The molecular formula is C20H21N3O2S. The van der Waals surface area contributed by atoms with Gasteiger partial charge in [0.05, 0.1) is 0 Å². The second-order valence-electron chi connectivity index (χ2n) is 6.91. The zero-order valence-corrected chi connectivity index (χ0v) is 15.2. The normalized spacial score (nSPS) is 23.8. The third-order valence-electron chi connectivity index (χ3n) is 5.12. The van der Waals surface area contributed by atoms with Gasteiger partial charge in [-0.15, -0.1) is 0 Å². The summed E-state index contributed by atoms with van der Waals surface area (Å²) in [6.45, 7) is 3.26. The lowest BCUT2D eigenvalue weighted by atomic mass is 9.99. The first-order chi connectivity index (χ1) is 12.6. The average molecular weight is 367 g/mol. The Hall–Kier alpha value is -2.31. The van der Waals surface area contributed by atoms with Gasteiger partial charge in [-0.3, -0.25) is 9.59 Å². The molecule has 134 valence electrons. The average Bonchev–Trinajstić information content (AvgIpc) is 3.25. The van der Waals surface area contributed by atoms with Crippen molar-refractivity contribution in [2.24, 2.45) is 11.7 Å². The van der Waals surface area contributed by atoms with Gasteiger partial charge in [0.25, 0.3) is 5.91 Å². The van der Waals surface area contributed by atoms with Crippen molar-refractivity contribution in [3.63, 3.8) is 0 Å². The lowest BCUT2D eigenvalue weighted by Gasteiger charge is -2.23.